The summed E-state index contributed by atoms with van der Waals surface area (Å²) < 4.78 is 0. The number of hydrogen-bond donors (Lipinski definition) is 1. The number of rotatable bonds is 2. The highest BCUT2D eigenvalue weighted by molar-refractivity contribution is 5.78. The van der Waals surface area contributed by atoms with Gasteiger partial charge in [-0.15, -0.1) is 0 Å². The van der Waals surface area contributed by atoms with Crippen molar-refractivity contribution in [3.63, 3.8) is 0 Å². The monoisotopic (exact) mass is 239 g/mol. The zero-order valence-electron chi connectivity index (χ0n) is 10.9. The summed E-state index contributed by atoms with van der Waals surface area (Å²) in [5.74, 6) is 0.298. The van der Waals surface area contributed by atoms with Gasteiger partial charge in [0, 0.05) is 25.2 Å². The van der Waals surface area contributed by atoms with Crippen molar-refractivity contribution in [2.24, 2.45) is 5.73 Å². The van der Waals surface area contributed by atoms with Crippen LogP contribution in [0.15, 0.2) is 0 Å². The maximum absolute atomic E-state index is 12.2. The van der Waals surface area contributed by atoms with E-state index < -0.39 is 0 Å². The largest absolute Gasteiger partial charge is 0.339 e. The third-order valence-electron chi connectivity index (χ3n) is 4.02. The molecule has 0 aromatic heterocycles. The molecule has 0 aliphatic carbocycles. The Bertz CT molecular complexity index is 269. The average molecular weight is 239 g/mol. The van der Waals surface area contributed by atoms with Gasteiger partial charge in [-0.3, -0.25) is 9.69 Å². The molecule has 0 saturated carbocycles. The highest BCUT2D eigenvalue weighted by Crippen LogP contribution is 2.17. The van der Waals surface area contributed by atoms with Gasteiger partial charge in [-0.1, -0.05) is 0 Å². The Hall–Kier alpha value is -0.610. The Morgan fingerprint density at radius 3 is 2.76 bits per heavy atom. The molecule has 2 atom stereocenters. The Balaban J connectivity index is 1.83. The van der Waals surface area contributed by atoms with Crippen molar-refractivity contribution in [2.45, 2.75) is 51.1 Å². The molecule has 1 amide bonds. The van der Waals surface area contributed by atoms with Crippen molar-refractivity contribution < 1.29 is 4.79 Å². The second-order valence-electron chi connectivity index (χ2n) is 5.57. The summed E-state index contributed by atoms with van der Waals surface area (Å²) in [5, 5.41) is 0. The molecule has 2 N–H and O–H groups in total. The van der Waals surface area contributed by atoms with E-state index in [4.69, 9.17) is 5.73 Å². The molecule has 98 valence electrons. The standard InChI is InChI=1S/C13H25N3O/c1-11-5-2-3-8-16(11)13(17)10-15-7-4-6-12(14)9-15/h11-12H,2-10,14H2,1H3/t11-,12-/m1/s1. The van der Waals surface area contributed by atoms with Crippen LogP contribution in [0, 0.1) is 0 Å². The molecule has 0 aromatic rings. The molecule has 2 rings (SSSR count). The smallest absolute Gasteiger partial charge is 0.236 e. The molecular weight excluding hydrogens is 214 g/mol. The molecule has 0 bridgehead atoms. The van der Waals surface area contributed by atoms with Crippen LogP contribution in [-0.4, -0.2) is 54.0 Å². The number of piperidine rings is 2. The van der Waals surface area contributed by atoms with Crippen molar-refractivity contribution in [1.29, 1.82) is 0 Å². The van der Waals surface area contributed by atoms with Crippen LogP contribution in [0.3, 0.4) is 0 Å². The molecule has 0 spiro atoms. The number of amides is 1. The maximum atomic E-state index is 12.2. The minimum absolute atomic E-state index is 0.260. The normalized spacial score (nSPS) is 31.5. The quantitative estimate of drug-likeness (QED) is 0.776. The van der Waals surface area contributed by atoms with Crippen molar-refractivity contribution in [3.05, 3.63) is 0 Å². The number of carbonyl (C=O) groups is 1. The zero-order chi connectivity index (χ0) is 12.3. The SMILES string of the molecule is C[C@@H]1CCCCN1C(=O)CN1CCC[C@@H](N)C1. The van der Waals surface area contributed by atoms with Gasteiger partial charge in [0.05, 0.1) is 6.54 Å². The predicted octanol–water partition coefficient (Wildman–Crippen LogP) is 0.811. The topological polar surface area (TPSA) is 49.6 Å². The van der Waals surface area contributed by atoms with Crippen molar-refractivity contribution in [3.8, 4) is 0 Å². The highest BCUT2D eigenvalue weighted by Gasteiger charge is 2.26. The third-order valence-corrected chi connectivity index (χ3v) is 4.02. The van der Waals surface area contributed by atoms with E-state index in [1.165, 1.54) is 6.42 Å². The first-order valence-corrected chi connectivity index (χ1v) is 6.94. The molecule has 2 heterocycles. The second kappa shape index (κ2) is 5.83. The van der Waals surface area contributed by atoms with E-state index in [-0.39, 0.29) is 6.04 Å². The van der Waals surface area contributed by atoms with E-state index in [1.807, 2.05) is 0 Å². The van der Waals surface area contributed by atoms with Crippen LogP contribution in [0.1, 0.15) is 39.0 Å². The van der Waals surface area contributed by atoms with E-state index >= 15 is 0 Å². The van der Waals surface area contributed by atoms with Gasteiger partial charge in [-0.2, -0.15) is 0 Å². The van der Waals surface area contributed by atoms with Gasteiger partial charge < -0.3 is 10.6 Å². The van der Waals surface area contributed by atoms with Gasteiger partial charge in [0.2, 0.25) is 5.91 Å². The number of carbonyl (C=O) groups excluding carboxylic acids is 1. The fourth-order valence-electron chi connectivity index (χ4n) is 2.99. The first-order chi connectivity index (χ1) is 8.16. The van der Waals surface area contributed by atoms with Gasteiger partial charge in [0.25, 0.3) is 0 Å². The number of likely N-dealkylation sites (tertiary alicyclic amines) is 2. The lowest BCUT2D eigenvalue weighted by Crippen LogP contribution is -2.50. The molecule has 0 aromatic carbocycles. The van der Waals surface area contributed by atoms with Crippen LogP contribution >= 0.6 is 0 Å². The molecule has 0 unspecified atom stereocenters. The Labute approximate surface area is 104 Å². The lowest BCUT2D eigenvalue weighted by Gasteiger charge is -2.36. The van der Waals surface area contributed by atoms with Gasteiger partial charge in [0.1, 0.15) is 0 Å². The minimum Gasteiger partial charge on any atom is -0.339 e. The Morgan fingerprint density at radius 2 is 2.06 bits per heavy atom. The lowest BCUT2D eigenvalue weighted by atomic mass is 10.0. The minimum atomic E-state index is 0.260. The molecule has 17 heavy (non-hydrogen) atoms. The summed E-state index contributed by atoms with van der Waals surface area (Å²) in [6.07, 6.45) is 5.81. The van der Waals surface area contributed by atoms with Gasteiger partial charge in [-0.25, -0.2) is 0 Å². The number of nitrogens with zero attached hydrogens (tertiary/aromatic N) is 2. The Morgan fingerprint density at radius 1 is 1.24 bits per heavy atom. The van der Waals surface area contributed by atoms with Crippen LogP contribution in [0.2, 0.25) is 0 Å². The first kappa shape index (κ1) is 12.8. The molecule has 2 aliphatic heterocycles. The molecule has 4 heteroatoms. The van der Waals surface area contributed by atoms with Crippen molar-refractivity contribution in [2.75, 3.05) is 26.2 Å². The number of nitrogens with two attached hydrogens (primary N) is 1. The van der Waals surface area contributed by atoms with E-state index in [0.717, 1.165) is 45.3 Å². The third kappa shape index (κ3) is 3.42. The van der Waals surface area contributed by atoms with E-state index in [9.17, 15) is 4.79 Å². The molecule has 2 fully saturated rings. The van der Waals surface area contributed by atoms with Gasteiger partial charge in [-0.05, 0) is 45.6 Å². The number of hydrogen-bond acceptors (Lipinski definition) is 3. The second-order valence-corrected chi connectivity index (χ2v) is 5.57. The molecule has 2 aliphatic rings. The molecular formula is C13H25N3O. The fourth-order valence-corrected chi connectivity index (χ4v) is 2.99. The van der Waals surface area contributed by atoms with E-state index in [1.54, 1.807) is 0 Å². The maximum Gasteiger partial charge on any atom is 0.236 e. The lowest BCUT2D eigenvalue weighted by molar-refractivity contribution is -0.135. The van der Waals surface area contributed by atoms with Crippen LogP contribution in [0.25, 0.3) is 0 Å². The molecule has 2 saturated heterocycles. The summed E-state index contributed by atoms with van der Waals surface area (Å²) in [6, 6.07) is 0.685. The van der Waals surface area contributed by atoms with Crippen LogP contribution < -0.4 is 5.73 Å². The van der Waals surface area contributed by atoms with Crippen LogP contribution in [0.4, 0.5) is 0 Å². The summed E-state index contributed by atoms with van der Waals surface area (Å²) in [4.78, 5) is 16.5. The fraction of sp³-hybridized carbons (Fsp3) is 0.923. The Kier molecular flexibility index (Phi) is 4.40. The van der Waals surface area contributed by atoms with Gasteiger partial charge in [0.15, 0.2) is 0 Å². The predicted molar refractivity (Wildman–Crippen MR) is 68.7 cm³/mol. The summed E-state index contributed by atoms with van der Waals surface area (Å²) in [7, 11) is 0. The summed E-state index contributed by atoms with van der Waals surface area (Å²) in [5.41, 5.74) is 5.94. The van der Waals surface area contributed by atoms with Crippen LogP contribution in [-0.2, 0) is 4.79 Å². The van der Waals surface area contributed by atoms with Crippen molar-refractivity contribution in [1.82, 2.24) is 9.80 Å². The van der Waals surface area contributed by atoms with Crippen LogP contribution in [0.5, 0.6) is 0 Å². The zero-order valence-corrected chi connectivity index (χ0v) is 10.9. The molecule has 4 nitrogen and oxygen atoms in total. The molecule has 0 radical (unpaired) electrons. The van der Waals surface area contributed by atoms with Gasteiger partial charge >= 0.3 is 0 Å². The van der Waals surface area contributed by atoms with E-state index in [2.05, 4.69) is 16.7 Å². The summed E-state index contributed by atoms with van der Waals surface area (Å²) in [6.45, 7) is 5.59. The highest BCUT2D eigenvalue weighted by atomic mass is 16.2. The first-order valence-electron chi connectivity index (χ1n) is 6.94. The van der Waals surface area contributed by atoms with E-state index in [0.29, 0.717) is 18.5 Å². The average Bonchev–Trinajstić information content (AvgIpc) is 2.29. The van der Waals surface area contributed by atoms with Crippen molar-refractivity contribution >= 4 is 5.91 Å². The summed E-state index contributed by atoms with van der Waals surface area (Å²) >= 11 is 0.